The van der Waals surface area contributed by atoms with E-state index >= 15 is 0 Å². The Hall–Kier alpha value is -1.27. The number of ether oxygens (including phenoxy) is 2. The van der Waals surface area contributed by atoms with Gasteiger partial charge in [0.05, 0.1) is 19.5 Å². The lowest BCUT2D eigenvalue weighted by Crippen LogP contribution is -2.21. The standard InChI is InChI=1S/C13H21NO4S/c1-4-18-13-9-11(5-6-12(13)17-2)10-14-7-8-19(3,15)16/h5-6,9,14H,4,7-8,10H2,1-3H3. The van der Waals surface area contributed by atoms with Crippen LogP contribution in [-0.2, 0) is 16.4 Å². The molecule has 0 aliphatic heterocycles. The second-order valence-electron chi connectivity index (χ2n) is 4.22. The number of nitrogens with one attached hydrogen (secondary N) is 1. The average Bonchev–Trinajstić information content (AvgIpc) is 2.34. The van der Waals surface area contributed by atoms with Crippen molar-refractivity contribution in [3.05, 3.63) is 23.8 Å². The van der Waals surface area contributed by atoms with Crippen molar-refractivity contribution in [2.75, 3.05) is 32.3 Å². The van der Waals surface area contributed by atoms with Crippen LogP contribution in [0.3, 0.4) is 0 Å². The molecule has 1 aromatic rings. The second kappa shape index (κ2) is 7.35. The summed E-state index contributed by atoms with van der Waals surface area (Å²) in [6, 6.07) is 5.67. The van der Waals surface area contributed by atoms with Gasteiger partial charge in [0.25, 0.3) is 0 Å². The number of methoxy groups -OCH3 is 1. The monoisotopic (exact) mass is 287 g/mol. The van der Waals surface area contributed by atoms with Gasteiger partial charge in [-0.3, -0.25) is 0 Å². The van der Waals surface area contributed by atoms with Gasteiger partial charge in [-0.2, -0.15) is 0 Å². The highest BCUT2D eigenvalue weighted by Crippen LogP contribution is 2.27. The van der Waals surface area contributed by atoms with Crippen LogP contribution in [0.5, 0.6) is 11.5 Å². The third-order valence-electron chi connectivity index (χ3n) is 2.51. The van der Waals surface area contributed by atoms with Gasteiger partial charge in [-0.25, -0.2) is 8.42 Å². The van der Waals surface area contributed by atoms with E-state index in [-0.39, 0.29) is 5.75 Å². The summed E-state index contributed by atoms with van der Waals surface area (Å²) < 4.78 is 32.7. The molecule has 108 valence electrons. The highest BCUT2D eigenvalue weighted by atomic mass is 32.2. The Labute approximate surface area is 114 Å². The molecule has 0 spiro atoms. The lowest BCUT2D eigenvalue weighted by molar-refractivity contribution is 0.310. The molecule has 0 atom stereocenters. The molecule has 0 saturated carbocycles. The van der Waals surface area contributed by atoms with Gasteiger partial charge in [0.2, 0.25) is 0 Å². The molecule has 0 radical (unpaired) electrons. The van der Waals surface area contributed by atoms with Crippen molar-refractivity contribution in [1.82, 2.24) is 5.32 Å². The highest BCUT2D eigenvalue weighted by molar-refractivity contribution is 7.90. The van der Waals surface area contributed by atoms with Crippen molar-refractivity contribution >= 4 is 9.84 Å². The van der Waals surface area contributed by atoms with E-state index in [1.807, 2.05) is 25.1 Å². The SMILES string of the molecule is CCOc1cc(CNCCS(C)(=O)=O)ccc1OC. The molecule has 1 aromatic carbocycles. The normalized spacial score (nSPS) is 11.3. The molecule has 0 aliphatic rings. The van der Waals surface area contributed by atoms with E-state index in [1.165, 1.54) is 6.26 Å². The molecule has 5 nitrogen and oxygen atoms in total. The highest BCUT2D eigenvalue weighted by Gasteiger charge is 2.06. The second-order valence-corrected chi connectivity index (χ2v) is 6.48. The van der Waals surface area contributed by atoms with E-state index in [0.29, 0.717) is 31.2 Å². The number of hydrogen-bond acceptors (Lipinski definition) is 5. The van der Waals surface area contributed by atoms with Gasteiger partial charge in [-0.15, -0.1) is 0 Å². The van der Waals surface area contributed by atoms with Crippen molar-refractivity contribution in [1.29, 1.82) is 0 Å². The number of rotatable bonds is 8. The molecule has 0 heterocycles. The largest absolute Gasteiger partial charge is 0.493 e. The Bertz CT molecular complexity index is 499. The zero-order valence-corrected chi connectivity index (χ0v) is 12.4. The van der Waals surface area contributed by atoms with E-state index in [9.17, 15) is 8.42 Å². The van der Waals surface area contributed by atoms with Crippen molar-refractivity contribution in [3.63, 3.8) is 0 Å². The first-order valence-corrected chi connectivity index (χ1v) is 8.20. The van der Waals surface area contributed by atoms with Crippen LogP contribution in [0.2, 0.25) is 0 Å². The van der Waals surface area contributed by atoms with Gasteiger partial charge >= 0.3 is 0 Å². The quantitative estimate of drug-likeness (QED) is 0.729. The van der Waals surface area contributed by atoms with Crippen LogP contribution in [0.1, 0.15) is 12.5 Å². The number of benzene rings is 1. The fraction of sp³-hybridized carbons (Fsp3) is 0.538. The first-order valence-electron chi connectivity index (χ1n) is 6.14. The van der Waals surface area contributed by atoms with E-state index in [4.69, 9.17) is 9.47 Å². The molecule has 6 heteroatoms. The zero-order valence-electron chi connectivity index (χ0n) is 11.6. The van der Waals surface area contributed by atoms with Crippen LogP contribution in [-0.4, -0.2) is 40.7 Å². The minimum Gasteiger partial charge on any atom is -0.493 e. The van der Waals surface area contributed by atoms with Gasteiger partial charge in [0.15, 0.2) is 11.5 Å². The summed E-state index contributed by atoms with van der Waals surface area (Å²) in [4.78, 5) is 0. The molecule has 0 fully saturated rings. The van der Waals surface area contributed by atoms with E-state index in [0.717, 1.165) is 5.56 Å². The average molecular weight is 287 g/mol. The molecule has 0 aromatic heterocycles. The van der Waals surface area contributed by atoms with Crippen molar-refractivity contribution < 1.29 is 17.9 Å². The van der Waals surface area contributed by atoms with Crippen molar-refractivity contribution in [2.24, 2.45) is 0 Å². The maximum absolute atomic E-state index is 11.0. The fourth-order valence-electron chi connectivity index (χ4n) is 1.59. The minimum absolute atomic E-state index is 0.140. The molecule has 0 saturated heterocycles. The minimum atomic E-state index is -2.91. The predicted molar refractivity (Wildman–Crippen MR) is 75.6 cm³/mol. The molecular weight excluding hydrogens is 266 g/mol. The smallest absolute Gasteiger partial charge is 0.161 e. The first kappa shape index (κ1) is 15.8. The molecule has 19 heavy (non-hydrogen) atoms. The van der Waals surface area contributed by atoms with Crippen LogP contribution in [0.15, 0.2) is 18.2 Å². The summed E-state index contributed by atoms with van der Waals surface area (Å²) in [5.74, 6) is 1.54. The van der Waals surface area contributed by atoms with Gasteiger partial charge in [-0.05, 0) is 24.6 Å². The van der Waals surface area contributed by atoms with Crippen molar-refractivity contribution in [3.8, 4) is 11.5 Å². The molecule has 0 amide bonds. The maximum Gasteiger partial charge on any atom is 0.161 e. The lowest BCUT2D eigenvalue weighted by atomic mass is 10.2. The van der Waals surface area contributed by atoms with Crippen LogP contribution >= 0.6 is 0 Å². The Morgan fingerprint density at radius 2 is 2.00 bits per heavy atom. The zero-order chi connectivity index (χ0) is 14.3. The number of hydrogen-bond donors (Lipinski definition) is 1. The first-order chi connectivity index (χ1) is 8.96. The molecule has 0 bridgehead atoms. The summed E-state index contributed by atoms with van der Waals surface area (Å²) in [5, 5.41) is 3.09. The van der Waals surface area contributed by atoms with E-state index < -0.39 is 9.84 Å². The molecule has 0 aliphatic carbocycles. The van der Waals surface area contributed by atoms with Crippen LogP contribution < -0.4 is 14.8 Å². The molecule has 1 N–H and O–H groups in total. The van der Waals surface area contributed by atoms with Crippen LogP contribution in [0, 0.1) is 0 Å². The Kier molecular flexibility index (Phi) is 6.11. The van der Waals surface area contributed by atoms with Crippen molar-refractivity contribution in [2.45, 2.75) is 13.5 Å². The summed E-state index contributed by atoms with van der Waals surface area (Å²) >= 11 is 0. The van der Waals surface area contributed by atoms with Gasteiger partial charge in [0.1, 0.15) is 9.84 Å². The Balaban J connectivity index is 2.57. The summed E-state index contributed by atoms with van der Waals surface area (Å²) in [6.45, 7) is 3.52. The Morgan fingerprint density at radius 1 is 1.26 bits per heavy atom. The topological polar surface area (TPSA) is 64.6 Å². The lowest BCUT2D eigenvalue weighted by Gasteiger charge is -2.11. The summed E-state index contributed by atoms with van der Waals surface area (Å²) in [5.41, 5.74) is 1.03. The van der Waals surface area contributed by atoms with Gasteiger partial charge in [-0.1, -0.05) is 6.07 Å². The Morgan fingerprint density at radius 3 is 2.58 bits per heavy atom. The summed E-state index contributed by atoms with van der Waals surface area (Å²) in [7, 11) is -1.31. The third-order valence-corrected chi connectivity index (χ3v) is 3.45. The van der Waals surface area contributed by atoms with E-state index in [1.54, 1.807) is 7.11 Å². The van der Waals surface area contributed by atoms with Crippen LogP contribution in [0.25, 0.3) is 0 Å². The maximum atomic E-state index is 11.0. The summed E-state index contributed by atoms with van der Waals surface area (Å²) in [6.07, 6.45) is 1.23. The third kappa shape index (κ3) is 5.94. The molecule has 0 unspecified atom stereocenters. The fourth-order valence-corrected chi connectivity index (χ4v) is 2.10. The number of sulfone groups is 1. The molecule has 1 rings (SSSR count). The van der Waals surface area contributed by atoms with Gasteiger partial charge in [0, 0.05) is 19.3 Å². The molecular formula is C13H21NO4S. The van der Waals surface area contributed by atoms with Crippen LogP contribution in [0.4, 0.5) is 0 Å². The van der Waals surface area contributed by atoms with Gasteiger partial charge < -0.3 is 14.8 Å². The predicted octanol–water partition coefficient (Wildman–Crippen LogP) is 1.23. The van der Waals surface area contributed by atoms with E-state index in [2.05, 4.69) is 5.32 Å².